The van der Waals surface area contributed by atoms with Crippen LogP contribution >= 0.6 is 0 Å². The first-order chi connectivity index (χ1) is 6.45. The fraction of sp³-hybridized carbons (Fsp3) is 0.846. The predicted octanol–water partition coefficient (Wildman–Crippen LogP) is 3.32. The lowest BCUT2D eigenvalue weighted by atomic mass is 9.86. The third-order valence-electron chi connectivity index (χ3n) is 3.53. The van der Waals surface area contributed by atoms with Gasteiger partial charge in [0, 0.05) is 18.1 Å². The molecular formula is C13H25N. The van der Waals surface area contributed by atoms with Gasteiger partial charge in [-0.2, -0.15) is 0 Å². The number of rotatable bonds is 4. The zero-order valence-corrected chi connectivity index (χ0v) is 10.5. The molecule has 1 nitrogen and oxygen atoms in total. The molecule has 0 fully saturated rings. The van der Waals surface area contributed by atoms with Crippen molar-refractivity contribution in [3.63, 3.8) is 0 Å². The summed E-state index contributed by atoms with van der Waals surface area (Å²) in [6.45, 7) is 13.9. The van der Waals surface area contributed by atoms with Crippen molar-refractivity contribution in [1.29, 1.82) is 0 Å². The maximum atomic E-state index is 2.65. The second-order valence-electron chi connectivity index (χ2n) is 5.26. The van der Waals surface area contributed by atoms with E-state index in [1.165, 1.54) is 0 Å². The summed E-state index contributed by atoms with van der Waals surface area (Å²) in [5.41, 5.74) is 0. The van der Waals surface area contributed by atoms with Gasteiger partial charge in [-0.25, -0.2) is 0 Å². The van der Waals surface area contributed by atoms with Crippen molar-refractivity contribution in [3.8, 4) is 0 Å². The molecule has 0 bridgehead atoms. The van der Waals surface area contributed by atoms with Gasteiger partial charge in [-0.3, -0.25) is 4.90 Å². The van der Waals surface area contributed by atoms with Gasteiger partial charge in [0.25, 0.3) is 0 Å². The molecule has 1 aliphatic carbocycles. The Morgan fingerprint density at radius 2 is 1.57 bits per heavy atom. The molecule has 1 rings (SSSR count). The molecule has 3 atom stereocenters. The SMILES string of the molecule is CC(C)[C@H](C)N(C(C)C)[C@H]1C=C[C@H]1C. The Balaban J connectivity index is 2.69. The van der Waals surface area contributed by atoms with Gasteiger partial charge in [-0.1, -0.05) is 32.9 Å². The van der Waals surface area contributed by atoms with Gasteiger partial charge in [0.2, 0.25) is 0 Å². The Hall–Kier alpha value is -0.300. The van der Waals surface area contributed by atoms with E-state index in [2.05, 4.69) is 58.6 Å². The molecule has 0 aromatic rings. The summed E-state index contributed by atoms with van der Waals surface area (Å²) in [5.74, 6) is 1.47. The third kappa shape index (κ3) is 2.20. The molecule has 82 valence electrons. The molecule has 0 radical (unpaired) electrons. The summed E-state index contributed by atoms with van der Waals surface area (Å²) in [5, 5.41) is 0. The molecule has 0 amide bonds. The van der Waals surface area contributed by atoms with Crippen molar-refractivity contribution in [3.05, 3.63) is 12.2 Å². The smallest absolute Gasteiger partial charge is 0.0344 e. The van der Waals surface area contributed by atoms with Crippen molar-refractivity contribution >= 4 is 0 Å². The molecule has 14 heavy (non-hydrogen) atoms. The molecule has 0 saturated carbocycles. The molecule has 0 aliphatic heterocycles. The lowest BCUT2D eigenvalue weighted by molar-refractivity contribution is 0.0725. The van der Waals surface area contributed by atoms with Gasteiger partial charge in [0.1, 0.15) is 0 Å². The maximum absolute atomic E-state index is 2.65. The van der Waals surface area contributed by atoms with E-state index in [9.17, 15) is 0 Å². The molecule has 0 N–H and O–H groups in total. The Morgan fingerprint density at radius 3 is 1.79 bits per heavy atom. The molecule has 0 unspecified atom stereocenters. The molecule has 0 spiro atoms. The first-order valence-electron chi connectivity index (χ1n) is 5.91. The summed E-state index contributed by atoms with van der Waals surface area (Å²) in [4.78, 5) is 2.65. The van der Waals surface area contributed by atoms with Crippen molar-refractivity contribution in [2.45, 2.75) is 59.7 Å². The lowest BCUT2D eigenvalue weighted by Crippen LogP contribution is -2.52. The Morgan fingerprint density at radius 1 is 1.00 bits per heavy atom. The summed E-state index contributed by atoms with van der Waals surface area (Å²) < 4.78 is 0. The van der Waals surface area contributed by atoms with Crippen molar-refractivity contribution in [1.82, 2.24) is 4.90 Å². The summed E-state index contributed by atoms with van der Waals surface area (Å²) in [6, 6.07) is 1.99. The molecule has 1 aliphatic rings. The highest BCUT2D eigenvalue weighted by Crippen LogP contribution is 2.28. The average molecular weight is 195 g/mol. The van der Waals surface area contributed by atoms with Crippen molar-refractivity contribution in [2.24, 2.45) is 11.8 Å². The molecule has 0 heterocycles. The van der Waals surface area contributed by atoms with Gasteiger partial charge in [0.05, 0.1) is 0 Å². The first kappa shape index (κ1) is 11.8. The van der Waals surface area contributed by atoms with E-state index >= 15 is 0 Å². The first-order valence-corrected chi connectivity index (χ1v) is 5.91. The number of nitrogens with zero attached hydrogens (tertiary/aromatic N) is 1. The van der Waals surface area contributed by atoms with Gasteiger partial charge in [-0.15, -0.1) is 0 Å². The number of hydrogen-bond acceptors (Lipinski definition) is 1. The number of hydrogen-bond donors (Lipinski definition) is 0. The quantitative estimate of drug-likeness (QED) is 0.622. The summed E-state index contributed by atoms with van der Waals surface area (Å²) in [6.07, 6.45) is 4.66. The molecule has 0 saturated heterocycles. The van der Waals surface area contributed by atoms with E-state index in [1.807, 2.05) is 0 Å². The normalized spacial score (nSPS) is 28.6. The van der Waals surface area contributed by atoms with Crippen LogP contribution in [0.25, 0.3) is 0 Å². The zero-order valence-electron chi connectivity index (χ0n) is 10.5. The van der Waals surface area contributed by atoms with E-state index < -0.39 is 0 Å². The third-order valence-corrected chi connectivity index (χ3v) is 3.53. The lowest BCUT2D eigenvalue weighted by Gasteiger charge is -2.45. The minimum atomic E-state index is 0.643. The van der Waals surface area contributed by atoms with Crippen LogP contribution in [0.2, 0.25) is 0 Å². The minimum absolute atomic E-state index is 0.643. The Labute approximate surface area is 89.2 Å². The Kier molecular flexibility index (Phi) is 3.77. The Bertz CT molecular complexity index is 205. The van der Waals surface area contributed by atoms with Gasteiger partial charge >= 0.3 is 0 Å². The van der Waals surface area contributed by atoms with Crippen LogP contribution in [0.5, 0.6) is 0 Å². The van der Waals surface area contributed by atoms with E-state index in [-0.39, 0.29) is 0 Å². The monoisotopic (exact) mass is 195 g/mol. The van der Waals surface area contributed by atoms with E-state index in [1.54, 1.807) is 0 Å². The van der Waals surface area contributed by atoms with Crippen LogP contribution in [0, 0.1) is 11.8 Å². The summed E-state index contributed by atoms with van der Waals surface area (Å²) >= 11 is 0. The molecular weight excluding hydrogens is 170 g/mol. The molecule has 0 aromatic carbocycles. The topological polar surface area (TPSA) is 3.24 Å². The van der Waals surface area contributed by atoms with Crippen LogP contribution < -0.4 is 0 Å². The highest BCUT2D eigenvalue weighted by Gasteiger charge is 2.32. The fourth-order valence-corrected chi connectivity index (χ4v) is 2.23. The van der Waals surface area contributed by atoms with Gasteiger partial charge < -0.3 is 0 Å². The fourth-order valence-electron chi connectivity index (χ4n) is 2.23. The second kappa shape index (κ2) is 4.48. The maximum Gasteiger partial charge on any atom is 0.0344 e. The largest absolute Gasteiger partial charge is 0.291 e. The predicted molar refractivity (Wildman–Crippen MR) is 63.4 cm³/mol. The van der Waals surface area contributed by atoms with E-state index in [0.29, 0.717) is 18.1 Å². The average Bonchev–Trinajstić information content (AvgIpc) is 2.09. The summed E-state index contributed by atoms with van der Waals surface area (Å²) in [7, 11) is 0. The second-order valence-corrected chi connectivity index (χ2v) is 5.26. The standard InChI is InChI=1S/C13H25N/c1-9(2)12(6)14(10(3)4)13-8-7-11(13)5/h7-13H,1-6H3/t11-,12+,13+/m1/s1. The zero-order chi connectivity index (χ0) is 10.9. The van der Waals surface area contributed by atoms with Gasteiger partial charge in [-0.05, 0) is 32.6 Å². The van der Waals surface area contributed by atoms with Crippen molar-refractivity contribution in [2.75, 3.05) is 0 Å². The van der Waals surface area contributed by atoms with E-state index in [4.69, 9.17) is 0 Å². The van der Waals surface area contributed by atoms with Crippen LogP contribution in [0.3, 0.4) is 0 Å². The minimum Gasteiger partial charge on any atom is -0.291 e. The van der Waals surface area contributed by atoms with E-state index in [0.717, 1.165) is 11.8 Å². The molecule has 0 aromatic heterocycles. The van der Waals surface area contributed by atoms with Crippen LogP contribution in [-0.4, -0.2) is 23.0 Å². The highest BCUT2D eigenvalue weighted by molar-refractivity contribution is 5.14. The van der Waals surface area contributed by atoms with Crippen LogP contribution in [0.1, 0.15) is 41.5 Å². The van der Waals surface area contributed by atoms with Crippen LogP contribution in [0.15, 0.2) is 12.2 Å². The van der Waals surface area contributed by atoms with Crippen LogP contribution in [0.4, 0.5) is 0 Å². The van der Waals surface area contributed by atoms with Crippen LogP contribution in [-0.2, 0) is 0 Å². The van der Waals surface area contributed by atoms with Gasteiger partial charge in [0.15, 0.2) is 0 Å². The van der Waals surface area contributed by atoms with Crippen molar-refractivity contribution < 1.29 is 0 Å². The molecule has 1 heteroatoms. The highest BCUT2D eigenvalue weighted by atomic mass is 15.2.